The number of alkyl halides is 3. The van der Waals surface area contributed by atoms with Gasteiger partial charge in [0.1, 0.15) is 5.76 Å². The van der Waals surface area contributed by atoms with Gasteiger partial charge in [-0.1, -0.05) is 12.1 Å². The molecular formula is C18H12F3N3O. The number of furan rings is 1. The maximum atomic E-state index is 13.0. The zero-order valence-corrected chi connectivity index (χ0v) is 12.9. The molecule has 0 fully saturated rings. The fraction of sp³-hybridized carbons (Fsp3) is 0.111. The molecule has 4 nitrogen and oxygen atoms in total. The minimum Gasteiger partial charge on any atom is -0.469 e. The summed E-state index contributed by atoms with van der Waals surface area (Å²) in [6, 6.07) is 10.5. The van der Waals surface area contributed by atoms with E-state index in [-0.39, 0.29) is 0 Å². The Hall–Kier alpha value is -3.09. The van der Waals surface area contributed by atoms with Gasteiger partial charge >= 0.3 is 6.18 Å². The summed E-state index contributed by atoms with van der Waals surface area (Å²) in [6.45, 7) is 0. The average molecular weight is 343 g/mol. The highest BCUT2D eigenvalue weighted by atomic mass is 19.4. The minimum atomic E-state index is -4.39. The van der Waals surface area contributed by atoms with Gasteiger partial charge in [-0.3, -0.25) is 0 Å². The van der Waals surface area contributed by atoms with Gasteiger partial charge in [-0.05, 0) is 30.3 Å². The number of halogens is 3. The lowest BCUT2D eigenvalue weighted by Gasteiger charge is -2.10. The van der Waals surface area contributed by atoms with Gasteiger partial charge < -0.3 is 4.42 Å². The SMILES string of the molecule is FC(F)(F)c1cccc(-c2ccnc3c(Cc4ccco4)cnn23)c1. The summed E-state index contributed by atoms with van der Waals surface area (Å²) in [5, 5.41) is 4.30. The maximum Gasteiger partial charge on any atom is 0.416 e. The normalized spacial score (nSPS) is 12.0. The minimum absolute atomic E-state index is 0.426. The molecule has 3 heterocycles. The Morgan fingerprint density at radius 3 is 2.72 bits per heavy atom. The van der Waals surface area contributed by atoms with Gasteiger partial charge in [-0.25, -0.2) is 9.50 Å². The van der Waals surface area contributed by atoms with Gasteiger partial charge in [0.05, 0.1) is 23.7 Å². The van der Waals surface area contributed by atoms with Crippen LogP contribution >= 0.6 is 0 Å². The molecule has 4 rings (SSSR count). The first kappa shape index (κ1) is 15.4. The van der Waals surface area contributed by atoms with Crippen molar-refractivity contribution in [1.82, 2.24) is 14.6 Å². The molecule has 126 valence electrons. The second-order valence-corrected chi connectivity index (χ2v) is 5.57. The van der Waals surface area contributed by atoms with Crippen molar-refractivity contribution in [2.24, 2.45) is 0 Å². The Kier molecular flexibility index (Phi) is 3.56. The molecule has 25 heavy (non-hydrogen) atoms. The van der Waals surface area contributed by atoms with E-state index in [1.54, 1.807) is 41.4 Å². The lowest BCUT2D eigenvalue weighted by atomic mass is 10.1. The molecule has 0 aliphatic carbocycles. The van der Waals surface area contributed by atoms with Crippen LogP contribution in [0.3, 0.4) is 0 Å². The summed E-state index contributed by atoms with van der Waals surface area (Å²) >= 11 is 0. The lowest BCUT2D eigenvalue weighted by Crippen LogP contribution is -2.05. The quantitative estimate of drug-likeness (QED) is 0.546. The van der Waals surface area contributed by atoms with E-state index in [0.29, 0.717) is 23.3 Å². The van der Waals surface area contributed by atoms with Crippen LogP contribution in [0.4, 0.5) is 13.2 Å². The van der Waals surface area contributed by atoms with Gasteiger partial charge in [0.25, 0.3) is 0 Å². The van der Waals surface area contributed by atoms with E-state index in [1.165, 1.54) is 6.07 Å². The molecule has 0 radical (unpaired) electrons. The van der Waals surface area contributed by atoms with Gasteiger partial charge in [0, 0.05) is 23.7 Å². The van der Waals surface area contributed by atoms with Crippen molar-refractivity contribution in [2.75, 3.05) is 0 Å². The largest absolute Gasteiger partial charge is 0.469 e. The molecule has 0 aliphatic rings. The molecule has 0 unspecified atom stereocenters. The fourth-order valence-corrected chi connectivity index (χ4v) is 2.74. The second kappa shape index (κ2) is 5.77. The van der Waals surface area contributed by atoms with Crippen LogP contribution in [0.15, 0.2) is 65.5 Å². The van der Waals surface area contributed by atoms with E-state index in [9.17, 15) is 13.2 Å². The topological polar surface area (TPSA) is 43.3 Å². The van der Waals surface area contributed by atoms with Gasteiger partial charge in [-0.15, -0.1) is 0 Å². The number of rotatable bonds is 3. The highest BCUT2D eigenvalue weighted by molar-refractivity contribution is 5.64. The van der Waals surface area contributed by atoms with Crippen molar-refractivity contribution in [1.29, 1.82) is 0 Å². The van der Waals surface area contributed by atoms with Crippen molar-refractivity contribution < 1.29 is 17.6 Å². The number of hydrogen-bond acceptors (Lipinski definition) is 3. The number of nitrogens with zero attached hydrogens (tertiary/aromatic N) is 3. The van der Waals surface area contributed by atoms with Gasteiger partial charge in [0.2, 0.25) is 0 Å². The Morgan fingerprint density at radius 2 is 1.96 bits per heavy atom. The third kappa shape index (κ3) is 2.88. The summed E-state index contributed by atoms with van der Waals surface area (Å²) in [7, 11) is 0. The van der Waals surface area contributed by atoms with E-state index in [2.05, 4.69) is 10.1 Å². The predicted molar refractivity (Wildman–Crippen MR) is 84.9 cm³/mol. The highest BCUT2D eigenvalue weighted by Gasteiger charge is 2.30. The third-order valence-corrected chi connectivity index (χ3v) is 3.90. The molecule has 3 aromatic heterocycles. The molecule has 0 spiro atoms. The zero-order valence-electron chi connectivity index (χ0n) is 12.9. The lowest BCUT2D eigenvalue weighted by molar-refractivity contribution is -0.137. The predicted octanol–water partition coefficient (Wildman–Crippen LogP) is 4.60. The molecular weight excluding hydrogens is 331 g/mol. The van der Waals surface area contributed by atoms with Crippen LogP contribution in [-0.4, -0.2) is 14.6 Å². The number of hydrogen-bond donors (Lipinski definition) is 0. The van der Waals surface area contributed by atoms with Crippen LogP contribution in [0.5, 0.6) is 0 Å². The van der Waals surface area contributed by atoms with Gasteiger partial charge in [-0.2, -0.15) is 18.3 Å². The molecule has 0 saturated carbocycles. The van der Waals surface area contributed by atoms with Crippen molar-refractivity contribution in [3.8, 4) is 11.3 Å². The van der Waals surface area contributed by atoms with Gasteiger partial charge in [0.15, 0.2) is 5.65 Å². The summed E-state index contributed by atoms with van der Waals surface area (Å²) in [5.41, 5.74) is 1.70. The van der Waals surface area contributed by atoms with E-state index in [1.807, 2.05) is 6.07 Å². The Morgan fingerprint density at radius 1 is 1.08 bits per heavy atom. The average Bonchev–Trinajstić information content (AvgIpc) is 3.25. The van der Waals surface area contributed by atoms with Crippen LogP contribution in [-0.2, 0) is 12.6 Å². The zero-order chi connectivity index (χ0) is 17.4. The van der Waals surface area contributed by atoms with E-state index in [4.69, 9.17) is 4.42 Å². The fourth-order valence-electron chi connectivity index (χ4n) is 2.74. The van der Waals surface area contributed by atoms with Crippen molar-refractivity contribution in [3.63, 3.8) is 0 Å². The van der Waals surface area contributed by atoms with Crippen LogP contribution < -0.4 is 0 Å². The highest BCUT2D eigenvalue weighted by Crippen LogP contribution is 2.32. The Balaban J connectivity index is 1.80. The first-order valence-corrected chi connectivity index (χ1v) is 7.54. The molecule has 0 aliphatic heterocycles. The second-order valence-electron chi connectivity index (χ2n) is 5.57. The molecule has 0 saturated heterocycles. The van der Waals surface area contributed by atoms with Crippen molar-refractivity contribution in [2.45, 2.75) is 12.6 Å². The molecule has 0 amide bonds. The van der Waals surface area contributed by atoms with E-state index < -0.39 is 11.7 Å². The smallest absolute Gasteiger partial charge is 0.416 e. The maximum absolute atomic E-state index is 13.0. The van der Waals surface area contributed by atoms with Crippen LogP contribution in [0, 0.1) is 0 Å². The Bertz CT molecular complexity index is 1020. The van der Waals surface area contributed by atoms with E-state index in [0.717, 1.165) is 23.5 Å². The monoisotopic (exact) mass is 343 g/mol. The number of fused-ring (bicyclic) bond motifs is 1. The van der Waals surface area contributed by atoms with Crippen LogP contribution in [0.2, 0.25) is 0 Å². The first-order chi connectivity index (χ1) is 12.0. The molecule has 0 N–H and O–H groups in total. The summed E-state index contributed by atoms with van der Waals surface area (Å²) in [4.78, 5) is 4.32. The molecule has 4 aromatic rings. The Labute approximate surface area is 140 Å². The van der Waals surface area contributed by atoms with Crippen LogP contribution in [0.1, 0.15) is 16.9 Å². The molecule has 0 bridgehead atoms. The summed E-state index contributed by atoms with van der Waals surface area (Å²) in [6.07, 6.45) is 0.926. The van der Waals surface area contributed by atoms with Crippen molar-refractivity contribution >= 4 is 5.65 Å². The summed E-state index contributed by atoms with van der Waals surface area (Å²) < 4.78 is 45.8. The first-order valence-electron chi connectivity index (χ1n) is 7.54. The van der Waals surface area contributed by atoms with Crippen LogP contribution in [0.25, 0.3) is 16.9 Å². The molecule has 7 heteroatoms. The molecule has 0 atom stereocenters. The van der Waals surface area contributed by atoms with Crippen molar-refractivity contribution in [3.05, 3.63) is 78.0 Å². The number of aromatic nitrogens is 3. The summed E-state index contributed by atoms with van der Waals surface area (Å²) in [5.74, 6) is 0.765. The number of benzene rings is 1. The molecule has 1 aromatic carbocycles. The van der Waals surface area contributed by atoms with E-state index >= 15 is 0 Å². The standard InChI is InChI=1S/C18H12F3N3O/c19-18(20,21)14-4-1-3-12(9-14)16-6-7-22-17-13(11-23-24(16)17)10-15-5-2-8-25-15/h1-9,11H,10H2. The third-order valence-electron chi connectivity index (χ3n) is 3.90.